The molecular weight excluding hydrogens is 386 g/mol. The summed E-state index contributed by atoms with van der Waals surface area (Å²) in [6, 6.07) is 18.8. The second kappa shape index (κ2) is 9.75. The molecule has 0 aliphatic carbocycles. The Kier molecular flexibility index (Phi) is 6.86. The quantitative estimate of drug-likeness (QED) is 0.424. The van der Waals surface area contributed by atoms with Gasteiger partial charge in [-0.3, -0.25) is 10.2 Å². The van der Waals surface area contributed by atoms with Crippen LogP contribution < -0.4 is 5.32 Å². The monoisotopic (exact) mass is 407 g/mol. The lowest BCUT2D eigenvalue weighted by molar-refractivity contribution is -0.137. The maximum atomic E-state index is 12.6. The van der Waals surface area contributed by atoms with Crippen molar-refractivity contribution in [3.05, 3.63) is 71.6 Å². The maximum absolute atomic E-state index is 12.6. The number of carbonyl (C=O) groups is 2. The smallest absolute Gasteiger partial charge is 0.353 e. The predicted octanol–water partition coefficient (Wildman–Crippen LogP) is 4.54. The van der Waals surface area contributed by atoms with Crippen molar-refractivity contribution >= 4 is 34.1 Å². The van der Waals surface area contributed by atoms with E-state index in [9.17, 15) is 9.59 Å². The van der Waals surface area contributed by atoms with Crippen LogP contribution in [0.15, 0.2) is 66.0 Å². The number of rotatable bonds is 8. The molecule has 0 fully saturated rings. The van der Waals surface area contributed by atoms with Gasteiger partial charge >= 0.3 is 5.97 Å². The largest absolute Gasteiger partial charge is 0.456 e. The van der Waals surface area contributed by atoms with Gasteiger partial charge in [0.05, 0.1) is 11.6 Å². The van der Waals surface area contributed by atoms with Crippen LogP contribution in [0.4, 0.5) is 5.13 Å². The van der Waals surface area contributed by atoms with Crippen molar-refractivity contribution in [2.75, 3.05) is 5.32 Å². The molecule has 0 saturated carbocycles. The van der Waals surface area contributed by atoms with E-state index in [4.69, 9.17) is 10.1 Å². The summed E-state index contributed by atoms with van der Waals surface area (Å²) >= 11 is 1.30. The number of esters is 1. The minimum Gasteiger partial charge on any atom is -0.456 e. The number of hydrogen-bond acceptors (Lipinski definition) is 6. The van der Waals surface area contributed by atoms with Crippen molar-refractivity contribution in [1.29, 1.82) is 5.41 Å². The van der Waals surface area contributed by atoms with E-state index in [1.54, 1.807) is 6.92 Å². The molecule has 1 amide bonds. The van der Waals surface area contributed by atoms with Crippen molar-refractivity contribution in [1.82, 2.24) is 4.98 Å². The van der Waals surface area contributed by atoms with Gasteiger partial charge in [0.15, 0.2) is 5.13 Å². The average molecular weight is 407 g/mol. The van der Waals surface area contributed by atoms with Crippen LogP contribution in [0.5, 0.6) is 0 Å². The second-order valence-electron chi connectivity index (χ2n) is 6.33. The summed E-state index contributed by atoms with van der Waals surface area (Å²) in [5.41, 5.74) is 2.17. The standard InChI is InChI=1S/C22H21N3O3S/c1-2-17(19(23)21(27)28-13-15-9-5-3-6-10-15)20(26)25-22-24-18(14-29-22)16-11-7-4-8-12-16/h3-12,14,17,23H,2,13H2,1H3,(H,24,25,26). The molecule has 0 spiro atoms. The summed E-state index contributed by atoms with van der Waals surface area (Å²) in [4.78, 5) is 29.3. The van der Waals surface area contributed by atoms with Gasteiger partial charge in [-0.2, -0.15) is 0 Å². The molecule has 3 rings (SSSR count). The van der Waals surface area contributed by atoms with Gasteiger partial charge in [-0.1, -0.05) is 67.6 Å². The summed E-state index contributed by atoms with van der Waals surface area (Å²) in [5, 5.41) is 13.1. The molecule has 148 valence electrons. The molecule has 0 saturated heterocycles. The SMILES string of the molecule is CCC(C(=N)C(=O)OCc1ccccc1)C(=O)Nc1nc(-c2ccccc2)cs1. The number of benzene rings is 2. The number of anilines is 1. The van der Waals surface area contributed by atoms with Crippen LogP contribution in [-0.2, 0) is 20.9 Å². The molecule has 2 aromatic carbocycles. The van der Waals surface area contributed by atoms with Crippen LogP contribution in [0.1, 0.15) is 18.9 Å². The Bertz CT molecular complexity index is 987. The summed E-state index contributed by atoms with van der Waals surface area (Å²) in [5.74, 6) is -2.13. The zero-order valence-corrected chi connectivity index (χ0v) is 16.7. The van der Waals surface area contributed by atoms with E-state index in [0.29, 0.717) is 11.6 Å². The Hall–Kier alpha value is -3.32. The van der Waals surface area contributed by atoms with Gasteiger partial charge in [-0.15, -0.1) is 11.3 Å². The fourth-order valence-corrected chi connectivity index (χ4v) is 3.45. The first-order valence-electron chi connectivity index (χ1n) is 9.19. The van der Waals surface area contributed by atoms with E-state index in [1.807, 2.05) is 66.0 Å². The third kappa shape index (κ3) is 5.36. The van der Waals surface area contributed by atoms with Crippen LogP contribution >= 0.6 is 11.3 Å². The Balaban J connectivity index is 1.60. The van der Waals surface area contributed by atoms with Crippen LogP contribution in [0.2, 0.25) is 0 Å². The molecule has 1 heterocycles. The van der Waals surface area contributed by atoms with E-state index < -0.39 is 17.8 Å². The lowest BCUT2D eigenvalue weighted by Gasteiger charge is -2.14. The Morgan fingerprint density at radius 3 is 2.41 bits per heavy atom. The molecule has 0 bridgehead atoms. The highest BCUT2D eigenvalue weighted by Crippen LogP contribution is 2.25. The highest BCUT2D eigenvalue weighted by molar-refractivity contribution is 7.14. The van der Waals surface area contributed by atoms with Gasteiger partial charge in [-0.25, -0.2) is 9.78 Å². The molecule has 0 aliphatic heterocycles. The Morgan fingerprint density at radius 2 is 1.76 bits per heavy atom. The summed E-state index contributed by atoms with van der Waals surface area (Å²) in [6.45, 7) is 1.81. The van der Waals surface area contributed by atoms with Crippen LogP contribution in [0.3, 0.4) is 0 Å². The highest BCUT2D eigenvalue weighted by atomic mass is 32.1. The molecule has 29 heavy (non-hydrogen) atoms. The molecule has 6 nitrogen and oxygen atoms in total. The third-order valence-corrected chi connectivity index (χ3v) is 5.07. The number of amides is 1. The van der Waals surface area contributed by atoms with E-state index in [1.165, 1.54) is 11.3 Å². The van der Waals surface area contributed by atoms with Gasteiger partial charge in [0, 0.05) is 10.9 Å². The van der Waals surface area contributed by atoms with E-state index in [-0.39, 0.29) is 12.3 Å². The zero-order chi connectivity index (χ0) is 20.6. The first-order valence-corrected chi connectivity index (χ1v) is 10.1. The molecule has 1 atom stereocenters. The van der Waals surface area contributed by atoms with Crippen molar-refractivity contribution in [3.63, 3.8) is 0 Å². The normalized spacial score (nSPS) is 11.5. The van der Waals surface area contributed by atoms with Crippen molar-refractivity contribution < 1.29 is 14.3 Å². The zero-order valence-electron chi connectivity index (χ0n) is 15.9. The fraction of sp³-hybridized carbons (Fsp3) is 0.182. The van der Waals surface area contributed by atoms with Crippen molar-refractivity contribution in [2.45, 2.75) is 20.0 Å². The summed E-state index contributed by atoms with van der Waals surface area (Å²) < 4.78 is 5.18. The Labute approximate surface area is 173 Å². The summed E-state index contributed by atoms with van der Waals surface area (Å²) in [6.07, 6.45) is 0.308. The number of aromatic nitrogens is 1. The van der Waals surface area contributed by atoms with E-state index >= 15 is 0 Å². The Morgan fingerprint density at radius 1 is 1.10 bits per heavy atom. The predicted molar refractivity (Wildman–Crippen MR) is 114 cm³/mol. The molecule has 3 aromatic rings. The van der Waals surface area contributed by atoms with Crippen LogP contribution in [-0.4, -0.2) is 22.6 Å². The molecule has 0 aliphatic rings. The van der Waals surface area contributed by atoms with Gasteiger partial charge in [0.1, 0.15) is 12.3 Å². The molecular formula is C22H21N3O3S. The molecule has 1 unspecified atom stereocenters. The number of hydrogen-bond donors (Lipinski definition) is 2. The number of carbonyl (C=O) groups excluding carboxylic acids is 2. The van der Waals surface area contributed by atoms with Crippen LogP contribution in [0.25, 0.3) is 11.3 Å². The first kappa shape index (κ1) is 20.4. The maximum Gasteiger partial charge on any atom is 0.353 e. The molecule has 0 radical (unpaired) electrons. The number of thiazole rings is 1. The second-order valence-corrected chi connectivity index (χ2v) is 7.19. The first-order chi connectivity index (χ1) is 14.1. The summed E-state index contributed by atoms with van der Waals surface area (Å²) in [7, 11) is 0. The molecule has 1 aromatic heterocycles. The van der Waals surface area contributed by atoms with E-state index in [0.717, 1.165) is 16.8 Å². The van der Waals surface area contributed by atoms with Crippen LogP contribution in [0, 0.1) is 11.3 Å². The van der Waals surface area contributed by atoms with E-state index in [2.05, 4.69) is 10.3 Å². The number of nitrogens with zero attached hydrogens (tertiary/aromatic N) is 1. The minimum absolute atomic E-state index is 0.0625. The lowest BCUT2D eigenvalue weighted by atomic mass is 9.99. The van der Waals surface area contributed by atoms with Crippen molar-refractivity contribution in [3.8, 4) is 11.3 Å². The highest BCUT2D eigenvalue weighted by Gasteiger charge is 2.28. The lowest BCUT2D eigenvalue weighted by Crippen LogP contribution is -2.34. The topological polar surface area (TPSA) is 92.1 Å². The molecule has 2 N–H and O–H groups in total. The van der Waals surface area contributed by atoms with Gasteiger partial charge in [-0.05, 0) is 12.0 Å². The van der Waals surface area contributed by atoms with Gasteiger partial charge < -0.3 is 10.1 Å². The minimum atomic E-state index is -0.901. The van der Waals surface area contributed by atoms with Gasteiger partial charge in [0.2, 0.25) is 5.91 Å². The number of ether oxygens (including phenoxy) is 1. The third-order valence-electron chi connectivity index (χ3n) is 4.31. The number of nitrogens with one attached hydrogen (secondary N) is 2. The average Bonchev–Trinajstić information content (AvgIpc) is 3.22. The van der Waals surface area contributed by atoms with Gasteiger partial charge in [0.25, 0.3) is 0 Å². The molecule has 7 heteroatoms. The van der Waals surface area contributed by atoms with Crippen molar-refractivity contribution in [2.24, 2.45) is 5.92 Å². The fourth-order valence-electron chi connectivity index (χ4n) is 2.73.